The van der Waals surface area contributed by atoms with E-state index >= 15 is 0 Å². The number of nitrogens with zero attached hydrogens (tertiary/aromatic N) is 1. The van der Waals surface area contributed by atoms with E-state index in [0.29, 0.717) is 10.4 Å². The summed E-state index contributed by atoms with van der Waals surface area (Å²) in [6.45, 7) is 0. The average Bonchev–Trinajstić information content (AvgIpc) is 3.03. The van der Waals surface area contributed by atoms with E-state index in [-0.39, 0.29) is 16.8 Å². The topological polar surface area (TPSA) is 70.9 Å². The Hall–Kier alpha value is -2.29. The number of anilines is 1. The molecule has 3 aromatic rings. The molecule has 2 aromatic heterocycles. The van der Waals surface area contributed by atoms with Gasteiger partial charge in [0.1, 0.15) is 0 Å². The van der Waals surface area contributed by atoms with Crippen molar-refractivity contribution in [2.45, 2.75) is 6.18 Å². The van der Waals surface area contributed by atoms with Gasteiger partial charge in [0.2, 0.25) is 5.82 Å². The van der Waals surface area contributed by atoms with Crippen molar-refractivity contribution in [1.82, 2.24) is 9.97 Å². The Morgan fingerprint density at radius 2 is 2.05 bits per heavy atom. The summed E-state index contributed by atoms with van der Waals surface area (Å²) in [5.41, 5.74) is 0.652. The first-order chi connectivity index (χ1) is 10.3. The maximum Gasteiger partial charge on any atom is 0.449 e. The lowest BCUT2D eigenvalue weighted by Crippen LogP contribution is -2.10. The van der Waals surface area contributed by atoms with E-state index in [9.17, 15) is 18.0 Å². The van der Waals surface area contributed by atoms with Crippen molar-refractivity contribution in [1.29, 1.82) is 0 Å². The zero-order chi connectivity index (χ0) is 15.9. The number of fused-ring (bicyclic) bond motifs is 1. The third-order valence-electron chi connectivity index (χ3n) is 2.81. The minimum Gasteiger partial charge on any atom is -0.444 e. The fourth-order valence-corrected chi connectivity index (χ4v) is 2.16. The van der Waals surface area contributed by atoms with Gasteiger partial charge in [0.15, 0.2) is 10.4 Å². The molecule has 9 heteroatoms. The lowest BCUT2D eigenvalue weighted by Gasteiger charge is -2.02. The molecule has 0 fully saturated rings. The molecule has 0 bridgehead atoms. The van der Waals surface area contributed by atoms with Gasteiger partial charge in [-0.1, -0.05) is 0 Å². The number of carbonyl (C=O) groups excluding carboxylic acids is 1. The van der Waals surface area contributed by atoms with E-state index in [2.05, 4.69) is 31.2 Å². The third-order valence-corrected chi connectivity index (χ3v) is 3.23. The van der Waals surface area contributed by atoms with Gasteiger partial charge in [0, 0.05) is 5.69 Å². The first-order valence-electron chi connectivity index (χ1n) is 5.96. The van der Waals surface area contributed by atoms with Crippen LogP contribution in [0.15, 0.2) is 39.4 Å². The number of hydrogen-bond acceptors (Lipinski definition) is 3. The third kappa shape index (κ3) is 2.84. The number of imidazole rings is 1. The van der Waals surface area contributed by atoms with Crippen LogP contribution in [0, 0.1) is 0 Å². The summed E-state index contributed by atoms with van der Waals surface area (Å²) in [6, 6.07) is 7.24. The van der Waals surface area contributed by atoms with Crippen molar-refractivity contribution in [2.24, 2.45) is 0 Å². The highest BCUT2D eigenvalue weighted by Gasteiger charge is 2.34. The Balaban J connectivity index is 1.87. The van der Waals surface area contributed by atoms with Gasteiger partial charge in [0.25, 0.3) is 5.91 Å². The van der Waals surface area contributed by atoms with Crippen molar-refractivity contribution >= 4 is 38.6 Å². The molecular weight excluding hydrogens is 367 g/mol. The average molecular weight is 374 g/mol. The predicted molar refractivity (Wildman–Crippen MR) is 75.5 cm³/mol. The molecule has 0 saturated carbocycles. The number of benzene rings is 1. The lowest BCUT2D eigenvalue weighted by atomic mass is 10.2. The largest absolute Gasteiger partial charge is 0.449 e. The van der Waals surface area contributed by atoms with Gasteiger partial charge in [-0.25, -0.2) is 4.98 Å². The number of H-pyrrole nitrogens is 1. The molecule has 3 rings (SSSR count). The van der Waals surface area contributed by atoms with Crippen LogP contribution < -0.4 is 5.32 Å². The molecule has 0 aliphatic rings. The Bertz CT molecular complexity index is 854. The predicted octanol–water partition coefficient (Wildman–Crippen LogP) is 4.19. The molecule has 2 N–H and O–H groups in total. The van der Waals surface area contributed by atoms with Crippen LogP contribution in [0.1, 0.15) is 16.4 Å². The normalized spacial score (nSPS) is 11.8. The second-order valence-electron chi connectivity index (χ2n) is 4.37. The molecule has 0 atom stereocenters. The maximum absolute atomic E-state index is 12.6. The summed E-state index contributed by atoms with van der Waals surface area (Å²) in [5, 5.41) is 2.53. The molecule has 1 aromatic carbocycles. The van der Waals surface area contributed by atoms with Crippen LogP contribution in [0.3, 0.4) is 0 Å². The van der Waals surface area contributed by atoms with Gasteiger partial charge in [-0.15, -0.1) is 0 Å². The number of amides is 1. The van der Waals surface area contributed by atoms with Crippen molar-refractivity contribution in [3.63, 3.8) is 0 Å². The second kappa shape index (κ2) is 5.16. The maximum atomic E-state index is 12.6. The molecule has 0 unspecified atom stereocenters. The zero-order valence-corrected chi connectivity index (χ0v) is 12.2. The number of alkyl halides is 3. The summed E-state index contributed by atoms with van der Waals surface area (Å²) in [6.07, 6.45) is -4.55. The number of carbonyl (C=O) groups is 1. The van der Waals surface area contributed by atoms with Crippen LogP contribution in [-0.4, -0.2) is 15.9 Å². The number of hydrogen-bond donors (Lipinski definition) is 2. The highest BCUT2D eigenvalue weighted by Crippen LogP contribution is 2.29. The fraction of sp³-hybridized carbons (Fsp3) is 0.0769. The van der Waals surface area contributed by atoms with E-state index in [1.807, 2.05) is 0 Å². The van der Waals surface area contributed by atoms with E-state index in [1.165, 1.54) is 24.3 Å². The van der Waals surface area contributed by atoms with Crippen molar-refractivity contribution in [3.8, 4) is 0 Å². The van der Waals surface area contributed by atoms with Gasteiger partial charge in [0.05, 0.1) is 11.0 Å². The zero-order valence-electron chi connectivity index (χ0n) is 10.7. The number of halogens is 4. The highest BCUT2D eigenvalue weighted by atomic mass is 79.9. The molecule has 0 aliphatic carbocycles. The van der Waals surface area contributed by atoms with E-state index < -0.39 is 17.9 Å². The number of aromatic amines is 1. The molecule has 0 saturated heterocycles. The van der Waals surface area contributed by atoms with Crippen molar-refractivity contribution in [2.75, 3.05) is 5.32 Å². The van der Waals surface area contributed by atoms with Crippen LogP contribution >= 0.6 is 15.9 Å². The van der Waals surface area contributed by atoms with Crippen LogP contribution in [0.5, 0.6) is 0 Å². The molecule has 0 spiro atoms. The van der Waals surface area contributed by atoms with Gasteiger partial charge < -0.3 is 14.7 Å². The van der Waals surface area contributed by atoms with Gasteiger partial charge >= 0.3 is 6.18 Å². The summed E-state index contributed by atoms with van der Waals surface area (Å²) in [4.78, 5) is 17.5. The smallest absolute Gasteiger partial charge is 0.444 e. The van der Waals surface area contributed by atoms with E-state index in [0.717, 1.165) is 0 Å². The second-order valence-corrected chi connectivity index (χ2v) is 5.15. The van der Waals surface area contributed by atoms with Crippen molar-refractivity contribution in [3.05, 3.63) is 46.6 Å². The number of rotatable bonds is 2. The van der Waals surface area contributed by atoms with Gasteiger partial charge in [-0.2, -0.15) is 13.2 Å². The summed E-state index contributed by atoms with van der Waals surface area (Å²) >= 11 is 3.07. The summed E-state index contributed by atoms with van der Waals surface area (Å²) < 4.78 is 43.2. The minimum atomic E-state index is -4.55. The van der Waals surface area contributed by atoms with Crippen LogP contribution in [0.4, 0.5) is 18.9 Å². The molecule has 5 nitrogen and oxygen atoms in total. The number of nitrogens with one attached hydrogen (secondary N) is 2. The molecule has 114 valence electrons. The van der Waals surface area contributed by atoms with E-state index in [4.69, 9.17) is 4.42 Å². The Morgan fingerprint density at radius 1 is 1.27 bits per heavy atom. The molecule has 1 amide bonds. The molecule has 0 aliphatic heterocycles. The minimum absolute atomic E-state index is 0.0764. The monoisotopic (exact) mass is 373 g/mol. The Kier molecular flexibility index (Phi) is 3.44. The fourth-order valence-electron chi connectivity index (χ4n) is 1.85. The van der Waals surface area contributed by atoms with E-state index in [1.54, 1.807) is 6.07 Å². The quantitative estimate of drug-likeness (QED) is 0.707. The molecule has 2 heterocycles. The van der Waals surface area contributed by atoms with Gasteiger partial charge in [-0.05, 0) is 46.3 Å². The SMILES string of the molecule is O=C(Nc1ccc2nc(C(F)(F)F)[nH]c2c1)c1ccc(Br)o1. The summed E-state index contributed by atoms with van der Waals surface area (Å²) in [5.74, 6) is -1.52. The standard InChI is InChI=1S/C13H7BrF3N3O2/c14-10-4-3-9(22-10)11(21)18-6-1-2-7-8(5-6)20-12(19-7)13(15,16)17/h1-5H,(H,18,21)(H,19,20). The van der Waals surface area contributed by atoms with Crippen LogP contribution in [-0.2, 0) is 6.18 Å². The lowest BCUT2D eigenvalue weighted by molar-refractivity contribution is -0.144. The molecular formula is C13H7BrF3N3O2. The highest BCUT2D eigenvalue weighted by molar-refractivity contribution is 9.10. The summed E-state index contributed by atoms with van der Waals surface area (Å²) in [7, 11) is 0. The molecule has 0 radical (unpaired) electrons. The number of furan rings is 1. The molecule has 22 heavy (non-hydrogen) atoms. The van der Waals surface area contributed by atoms with Crippen LogP contribution in [0.2, 0.25) is 0 Å². The Labute approximate surface area is 129 Å². The van der Waals surface area contributed by atoms with Crippen molar-refractivity contribution < 1.29 is 22.4 Å². The Morgan fingerprint density at radius 3 is 2.68 bits per heavy atom. The first-order valence-corrected chi connectivity index (χ1v) is 6.76. The van der Waals surface area contributed by atoms with Gasteiger partial charge in [-0.3, -0.25) is 4.79 Å². The first kappa shape index (κ1) is 14.6. The van der Waals surface area contributed by atoms with Crippen LogP contribution in [0.25, 0.3) is 11.0 Å². The number of aromatic nitrogens is 2.